The number of urea groups is 1. The first-order valence-electron chi connectivity index (χ1n) is 7.45. The average Bonchev–Trinajstić information content (AvgIpc) is 2.81. The summed E-state index contributed by atoms with van der Waals surface area (Å²) in [5, 5.41) is 13.5. The monoisotopic (exact) mass is 403 g/mol. The molecule has 8 heteroatoms. The van der Waals surface area contributed by atoms with Crippen molar-refractivity contribution in [1.29, 1.82) is 0 Å². The van der Waals surface area contributed by atoms with Crippen molar-refractivity contribution >= 4 is 33.6 Å². The molecule has 3 amide bonds. The summed E-state index contributed by atoms with van der Waals surface area (Å²) in [6.07, 6.45) is 0. The normalized spacial score (nSPS) is 19.8. The fourth-order valence-corrected chi connectivity index (χ4v) is 3.16. The van der Waals surface area contributed by atoms with E-state index in [1.807, 2.05) is 24.3 Å². The maximum Gasteiger partial charge on any atom is 0.325 e. The standard InChI is InChI=1S/C17H14BrN3O4/c1-17(12-6-8-13(9-7-12)21(24)25)15(22)20(16(23)19-17)10-11-4-2-3-5-14(11)18/h2-9H,10H2,1H3,(H,19,23). The molecule has 1 atom stereocenters. The number of imide groups is 1. The number of halogens is 1. The molecule has 0 aromatic heterocycles. The first-order valence-corrected chi connectivity index (χ1v) is 8.24. The molecule has 1 aliphatic rings. The number of nitrogens with zero attached hydrogens (tertiary/aromatic N) is 2. The minimum absolute atomic E-state index is 0.0748. The number of carbonyl (C=O) groups is 2. The minimum atomic E-state index is -1.26. The van der Waals surface area contributed by atoms with Crippen molar-refractivity contribution in [2.45, 2.75) is 19.0 Å². The second-order valence-corrected chi connectivity index (χ2v) is 6.70. The summed E-state index contributed by atoms with van der Waals surface area (Å²) in [7, 11) is 0. The molecule has 2 aromatic carbocycles. The van der Waals surface area contributed by atoms with E-state index in [0.29, 0.717) is 5.56 Å². The van der Waals surface area contributed by atoms with Crippen LogP contribution in [0.15, 0.2) is 53.0 Å². The van der Waals surface area contributed by atoms with Crippen LogP contribution in [0.2, 0.25) is 0 Å². The third-order valence-electron chi connectivity index (χ3n) is 4.22. The third-order valence-corrected chi connectivity index (χ3v) is 4.99. The number of nitrogens with one attached hydrogen (secondary N) is 1. The van der Waals surface area contributed by atoms with Gasteiger partial charge < -0.3 is 5.32 Å². The molecule has 1 unspecified atom stereocenters. The highest BCUT2D eigenvalue weighted by molar-refractivity contribution is 9.10. The SMILES string of the molecule is CC1(c2ccc([N+](=O)[O-])cc2)NC(=O)N(Cc2ccccc2Br)C1=O. The van der Waals surface area contributed by atoms with E-state index in [2.05, 4.69) is 21.2 Å². The van der Waals surface area contributed by atoms with Crippen molar-refractivity contribution in [3.63, 3.8) is 0 Å². The summed E-state index contributed by atoms with van der Waals surface area (Å²) in [5.74, 6) is -0.401. The third kappa shape index (κ3) is 3.00. The molecule has 1 fully saturated rings. The summed E-state index contributed by atoms with van der Waals surface area (Å²) in [4.78, 5) is 36.6. The molecule has 3 rings (SSSR count). The van der Waals surface area contributed by atoms with Crippen LogP contribution >= 0.6 is 15.9 Å². The van der Waals surface area contributed by atoms with Crippen molar-refractivity contribution in [3.8, 4) is 0 Å². The zero-order valence-corrected chi connectivity index (χ0v) is 14.8. The molecule has 1 N–H and O–H groups in total. The predicted octanol–water partition coefficient (Wildman–Crippen LogP) is 3.32. The maximum atomic E-state index is 12.9. The Morgan fingerprint density at radius 1 is 1.16 bits per heavy atom. The lowest BCUT2D eigenvalue weighted by atomic mass is 9.92. The highest BCUT2D eigenvalue weighted by atomic mass is 79.9. The summed E-state index contributed by atoms with van der Waals surface area (Å²) in [6.45, 7) is 1.73. The second-order valence-electron chi connectivity index (χ2n) is 5.84. The molecule has 0 aliphatic carbocycles. The molecule has 1 aliphatic heterocycles. The molecule has 7 nitrogen and oxygen atoms in total. The number of hydrogen-bond acceptors (Lipinski definition) is 4. The minimum Gasteiger partial charge on any atom is -0.319 e. The van der Waals surface area contributed by atoms with Crippen LogP contribution in [0, 0.1) is 10.1 Å². The molecule has 1 saturated heterocycles. The summed E-state index contributed by atoms with van der Waals surface area (Å²) >= 11 is 3.40. The summed E-state index contributed by atoms with van der Waals surface area (Å²) in [6, 6.07) is 12.4. The largest absolute Gasteiger partial charge is 0.325 e. The van der Waals surface area contributed by atoms with E-state index in [1.54, 1.807) is 6.92 Å². The molecule has 0 saturated carbocycles. The van der Waals surface area contributed by atoms with Gasteiger partial charge in [-0.1, -0.05) is 34.1 Å². The molecule has 1 heterocycles. The van der Waals surface area contributed by atoms with Gasteiger partial charge in [0.15, 0.2) is 0 Å². The Hall–Kier alpha value is -2.74. The van der Waals surface area contributed by atoms with Gasteiger partial charge in [0.25, 0.3) is 11.6 Å². The summed E-state index contributed by atoms with van der Waals surface area (Å²) < 4.78 is 0.805. The molecule has 128 valence electrons. The van der Waals surface area contributed by atoms with Gasteiger partial charge in [-0.3, -0.25) is 19.8 Å². The Balaban J connectivity index is 1.89. The number of benzene rings is 2. The molecule has 25 heavy (non-hydrogen) atoms. The van der Waals surface area contributed by atoms with E-state index in [-0.39, 0.29) is 12.2 Å². The topological polar surface area (TPSA) is 92.6 Å². The Morgan fingerprint density at radius 2 is 1.80 bits per heavy atom. The number of nitro benzene ring substituents is 1. The number of carbonyl (C=O) groups excluding carboxylic acids is 2. The van der Waals surface area contributed by atoms with Crippen LogP contribution in [0.4, 0.5) is 10.5 Å². The van der Waals surface area contributed by atoms with Crippen LogP contribution in [-0.4, -0.2) is 21.8 Å². The predicted molar refractivity (Wildman–Crippen MR) is 93.7 cm³/mol. The highest BCUT2D eigenvalue weighted by Gasteiger charge is 2.49. The number of hydrogen-bond donors (Lipinski definition) is 1. The van der Waals surface area contributed by atoms with Crippen LogP contribution in [0.5, 0.6) is 0 Å². The van der Waals surface area contributed by atoms with Crippen molar-refractivity contribution in [1.82, 2.24) is 10.2 Å². The van der Waals surface area contributed by atoms with Crippen molar-refractivity contribution in [2.24, 2.45) is 0 Å². The maximum absolute atomic E-state index is 12.9. The lowest BCUT2D eigenvalue weighted by Crippen LogP contribution is -2.40. The number of amides is 3. The number of rotatable bonds is 4. The quantitative estimate of drug-likeness (QED) is 0.481. The smallest absolute Gasteiger partial charge is 0.319 e. The molecular formula is C17H14BrN3O4. The Kier molecular flexibility index (Phi) is 4.30. The van der Waals surface area contributed by atoms with Gasteiger partial charge >= 0.3 is 6.03 Å². The van der Waals surface area contributed by atoms with Gasteiger partial charge in [-0.05, 0) is 36.2 Å². The zero-order chi connectivity index (χ0) is 18.2. The number of non-ortho nitro benzene ring substituents is 1. The molecule has 2 aromatic rings. The Bertz CT molecular complexity index is 868. The zero-order valence-electron chi connectivity index (χ0n) is 13.2. The first kappa shape index (κ1) is 17.1. The molecular weight excluding hydrogens is 390 g/mol. The van der Waals surface area contributed by atoms with Crippen molar-refractivity contribution < 1.29 is 14.5 Å². The second kappa shape index (κ2) is 6.29. The Labute approximate surface area is 151 Å². The van der Waals surface area contributed by atoms with E-state index in [4.69, 9.17) is 0 Å². The van der Waals surface area contributed by atoms with Gasteiger partial charge in [-0.15, -0.1) is 0 Å². The van der Waals surface area contributed by atoms with E-state index in [0.717, 1.165) is 14.9 Å². The lowest BCUT2D eigenvalue weighted by Gasteiger charge is -2.22. The lowest BCUT2D eigenvalue weighted by molar-refractivity contribution is -0.384. The van der Waals surface area contributed by atoms with Crippen LogP contribution < -0.4 is 5.32 Å². The van der Waals surface area contributed by atoms with Gasteiger partial charge in [0, 0.05) is 16.6 Å². The van der Waals surface area contributed by atoms with Crippen LogP contribution in [-0.2, 0) is 16.9 Å². The van der Waals surface area contributed by atoms with Gasteiger partial charge in [-0.25, -0.2) is 4.79 Å². The number of nitro groups is 1. The molecule has 0 bridgehead atoms. The van der Waals surface area contributed by atoms with E-state index < -0.39 is 22.4 Å². The van der Waals surface area contributed by atoms with Crippen molar-refractivity contribution in [3.05, 3.63) is 74.2 Å². The fourth-order valence-electron chi connectivity index (χ4n) is 2.75. The van der Waals surface area contributed by atoms with Crippen LogP contribution in [0.1, 0.15) is 18.1 Å². The average molecular weight is 404 g/mol. The molecule has 0 spiro atoms. The fraction of sp³-hybridized carbons (Fsp3) is 0.176. The van der Waals surface area contributed by atoms with Gasteiger partial charge in [0.2, 0.25) is 0 Å². The highest BCUT2D eigenvalue weighted by Crippen LogP contribution is 2.31. The van der Waals surface area contributed by atoms with Gasteiger partial charge in [-0.2, -0.15) is 0 Å². The molecule has 0 radical (unpaired) electrons. The van der Waals surface area contributed by atoms with Crippen LogP contribution in [0.3, 0.4) is 0 Å². The summed E-state index contributed by atoms with van der Waals surface area (Å²) in [5.41, 5.74) is -0.0350. The first-order chi connectivity index (χ1) is 11.8. The van der Waals surface area contributed by atoms with Gasteiger partial charge in [0.05, 0.1) is 11.5 Å². The van der Waals surface area contributed by atoms with Gasteiger partial charge in [0.1, 0.15) is 5.54 Å². The van der Waals surface area contributed by atoms with Crippen molar-refractivity contribution in [2.75, 3.05) is 0 Å². The van der Waals surface area contributed by atoms with E-state index in [9.17, 15) is 19.7 Å². The van der Waals surface area contributed by atoms with E-state index in [1.165, 1.54) is 24.3 Å². The Morgan fingerprint density at radius 3 is 2.40 bits per heavy atom. The van der Waals surface area contributed by atoms with E-state index >= 15 is 0 Å². The van der Waals surface area contributed by atoms with Crippen LogP contribution in [0.25, 0.3) is 0 Å².